The van der Waals surface area contributed by atoms with E-state index in [0.29, 0.717) is 27.6 Å². The number of hydrogen-bond donors (Lipinski definition) is 0. The highest BCUT2D eigenvalue weighted by Crippen LogP contribution is 2.48. The SMILES string of the molecule is CC(C)(C)c1ccc(-n2c3ccccc3c3cccc(C(C)(C)C)c32)cc1.CC(C)(C)c1cccc2c3ccccc3n(-c3ccc(-c4ccccc4)cc3)c12.[2H]c1c([2H])c([2H])c(-c2ccc(-n3c4ccccc4c4cccc(C(C)(C)C)c43)cc2)c([2H])c1[2H].[2H]c1c([2H])c([2H])c(-n2c3ccccc3c3cc4c5ccccc5n(-c5c([2H])c([2H])c([2H])c([2H])c5[2H])c4c(C(C)(C)C)c32)c([2H])c1[2H]. The van der Waals surface area contributed by atoms with Gasteiger partial charge in [0, 0.05) is 87.9 Å². The highest BCUT2D eigenvalue weighted by molar-refractivity contribution is 6.22. The molecule has 5 heteroatoms. The van der Waals surface area contributed by atoms with E-state index in [0.717, 1.165) is 43.8 Å². The molecule has 0 amide bonds. The van der Waals surface area contributed by atoms with E-state index in [1.165, 1.54) is 99.1 Å². The third kappa shape index (κ3) is 14.5. The largest absolute Gasteiger partial charge is 0.309 e. The van der Waals surface area contributed by atoms with Gasteiger partial charge in [-0.25, -0.2) is 0 Å². The van der Waals surface area contributed by atoms with E-state index in [1.807, 2.05) is 106 Å². The van der Waals surface area contributed by atoms with Gasteiger partial charge in [-0.2, -0.15) is 0 Å². The van der Waals surface area contributed by atoms with Gasteiger partial charge in [0.15, 0.2) is 0 Å². The summed E-state index contributed by atoms with van der Waals surface area (Å²) < 4.78 is 137. The van der Waals surface area contributed by atoms with E-state index in [2.05, 4.69) is 297 Å². The molecule has 0 saturated carbocycles. The average Bonchev–Trinajstić information content (AvgIpc) is 1.52. The zero-order valence-electron chi connectivity index (χ0n) is 86.4. The molecule has 0 unspecified atom stereocenters. The molecular formula is C116H107N5. The fraction of sp³-hybridized carbons (Fsp3) is 0.172. The van der Waals surface area contributed by atoms with Gasteiger partial charge in [0.05, 0.1) is 75.7 Å². The summed E-state index contributed by atoms with van der Waals surface area (Å²) in [5.74, 6) is 0. The molecule has 121 heavy (non-hydrogen) atoms. The summed E-state index contributed by atoms with van der Waals surface area (Å²) in [5.41, 5.74) is 22.3. The van der Waals surface area contributed by atoms with Gasteiger partial charge in [0.25, 0.3) is 0 Å². The smallest absolute Gasteiger partial charge is 0.0645 e. The maximum Gasteiger partial charge on any atom is 0.0645 e. The minimum absolute atomic E-state index is 0.00696. The first kappa shape index (κ1) is 62.7. The van der Waals surface area contributed by atoms with Crippen LogP contribution in [0.1, 0.15) is 152 Å². The molecular weight excluding hydrogens is 1460 g/mol. The summed E-state index contributed by atoms with van der Waals surface area (Å²) in [6.45, 7) is 33.2. The Morgan fingerprint density at radius 1 is 0.190 bits per heavy atom. The number of nitrogens with zero attached hydrogens (tertiary/aromatic N) is 5. The lowest BCUT2D eigenvalue weighted by Crippen LogP contribution is -2.15. The Labute approximate surface area is 733 Å². The Hall–Kier alpha value is -13.5. The number of fused-ring (bicyclic) bond motifs is 15. The van der Waals surface area contributed by atoms with Crippen LogP contribution in [0.25, 0.3) is 160 Å². The number of benzene rings is 16. The number of hydrogen-bond acceptors (Lipinski definition) is 0. The van der Waals surface area contributed by atoms with Crippen LogP contribution >= 0.6 is 0 Å². The highest BCUT2D eigenvalue weighted by Gasteiger charge is 2.31. The number of aromatic nitrogens is 5. The number of rotatable bonds is 7. The van der Waals surface area contributed by atoms with Gasteiger partial charge in [-0.05, 0) is 169 Å². The van der Waals surface area contributed by atoms with Crippen LogP contribution in [0, 0.1) is 0 Å². The van der Waals surface area contributed by atoms with Crippen molar-refractivity contribution in [2.75, 3.05) is 0 Å². The maximum atomic E-state index is 8.93. The minimum atomic E-state index is -0.656. The second-order valence-corrected chi connectivity index (χ2v) is 36.6. The molecule has 0 N–H and O–H groups in total. The van der Waals surface area contributed by atoms with Crippen molar-refractivity contribution < 1.29 is 20.6 Å². The lowest BCUT2D eigenvalue weighted by Gasteiger charge is -2.25. The van der Waals surface area contributed by atoms with Gasteiger partial charge < -0.3 is 22.8 Å². The Kier molecular flexibility index (Phi) is 16.1. The van der Waals surface area contributed by atoms with Crippen LogP contribution in [0.5, 0.6) is 0 Å². The van der Waals surface area contributed by atoms with Gasteiger partial charge in [-0.15, -0.1) is 0 Å². The van der Waals surface area contributed by atoms with Gasteiger partial charge in [-0.1, -0.05) is 383 Å². The molecule has 21 rings (SSSR count). The first-order valence-corrected chi connectivity index (χ1v) is 41.7. The summed E-state index contributed by atoms with van der Waals surface area (Å²) in [4.78, 5) is 0. The molecule has 21 aromatic rings. The third-order valence-electron chi connectivity index (χ3n) is 23.4. The van der Waals surface area contributed by atoms with Gasteiger partial charge in [-0.3, -0.25) is 0 Å². The molecule has 0 aliphatic carbocycles. The van der Waals surface area contributed by atoms with Gasteiger partial charge in [0.2, 0.25) is 0 Å². The molecule has 5 nitrogen and oxygen atoms in total. The van der Waals surface area contributed by atoms with Crippen molar-refractivity contribution in [2.24, 2.45) is 0 Å². The Morgan fingerprint density at radius 3 is 0.769 bits per heavy atom. The molecule has 0 bridgehead atoms. The molecule has 0 aliphatic heterocycles. The fourth-order valence-electron chi connectivity index (χ4n) is 17.8. The predicted molar refractivity (Wildman–Crippen MR) is 522 cm³/mol. The van der Waals surface area contributed by atoms with Crippen molar-refractivity contribution in [3.8, 4) is 50.7 Å². The van der Waals surface area contributed by atoms with Crippen LogP contribution in [-0.2, 0) is 27.1 Å². The lowest BCUT2D eigenvalue weighted by molar-refractivity contribution is 0.590. The van der Waals surface area contributed by atoms with Crippen LogP contribution in [0.15, 0.2) is 376 Å². The molecule has 0 radical (unpaired) electrons. The molecule has 0 atom stereocenters. The van der Waals surface area contributed by atoms with Crippen molar-refractivity contribution in [3.05, 3.63) is 404 Å². The number of para-hydroxylation sites is 10. The monoisotopic (exact) mass is 1580 g/mol. The topological polar surface area (TPSA) is 24.6 Å². The molecule has 16 aromatic carbocycles. The van der Waals surface area contributed by atoms with Crippen LogP contribution in [0.3, 0.4) is 0 Å². The second-order valence-electron chi connectivity index (χ2n) is 36.6. The summed E-state index contributed by atoms with van der Waals surface area (Å²) in [6, 6.07) is 93.4. The van der Waals surface area contributed by atoms with Crippen LogP contribution in [0.2, 0.25) is 0 Å². The predicted octanol–water partition coefficient (Wildman–Crippen LogP) is 32.1. The molecule has 5 aromatic heterocycles. The summed E-state index contributed by atoms with van der Waals surface area (Å²) in [7, 11) is 0. The van der Waals surface area contributed by atoms with Crippen LogP contribution in [-0.4, -0.2) is 22.8 Å². The first-order chi connectivity index (χ1) is 64.5. The standard InChI is InChI=1S/C34H28N2.2C28H25N.C26H29N/c1-34(2,3)31-32-27(25-18-10-12-20-29(25)35(32)23-14-6-4-7-15-23)22-28-26-19-11-13-21-30(26)36(33(28)31)24-16-8-5-9-17-24;2*1-28(2,3)25-14-9-13-24-23-12-7-8-15-26(23)29(27(24)25)22-18-16-21(17-19-22)20-10-5-4-6-11-20;1-25(2,3)18-14-16-19(17-15-18)27-23-13-8-7-10-20(23)21-11-9-12-22(24(21)27)26(4,5)6/h4-22H,1-3H3;2*4-19H,1-3H3;7-17H,1-6H3/i4D,5D,6D,7D,8D,9D,14D,15D,16D,17D;4D,5D,6D,10D,11D;;. The van der Waals surface area contributed by atoms with E-state index in [9.17, 15) is 0 Å². The Bertz CT molecular complexity index is 8140. The van der Waals surface area contributed by atoms with Crippen molar-refractivity contribution in [2.45, 2.75) is 131 Å². The van der Waals surface area contributed by atoms with E-state index < -0.39 is 41.7 Å². The van der Waals surface area contributed by atoms with Gasteiger partial charge in [0.1, 0.15) is 0 Å². The summed E-state index contributed by atoms with van der Waals surface area (Å²) >= 11 is 0. The third-order valence-corrected chi connectivity index (χ3v) is 23.4. The van der Waals surface area contributed by atoms with E-state index in [4.69, 9.17) is 20.6 Å². The second kappa shape index (κ2) is 31.0. The Morgan fingerprint density at radius 2 is 0.455 bits per heavy atom. The molecule has 5 heterocycles. The molecule has 0 aliphatic rings. The van der Waals surface area contributed by atoms with Crippen molar-refractivity contribution in [3.63, 3.8) is 0 Å². The lowest BCUT2D eigenvalue weighted by atomic mass is 9.83. The van der Waals surface area contributed by atoms with Crippen LogP contribution in [0.4, 0.5) is 0 Å². The Balaban J connectivity index is 0.000000124. The quantitative estimate of drug-likeness (QED) is 0.152. The maximum absolute atomic E-state index is 8.93. The summed E-state index contributed by atoms with van der Waals surface area (Å²) in [6.07, 6.45) is 0. The van der Waals surface area contributed by atoms with E-state index in [-0.39, 0.29) is 93.0 Å². The first-order valence-electron chi connectivity index (χ1n) is 49.2. The zero-order valence-corrected chi connectivity index (χ0v) is 71.4. The van der Waals surface area contributed by atoms with Crippen molar-refractivity contribution in [1.29, 1.82) is 0 Å². The molecule has 0 fully saturated rings. The fourth-order valence-corrected chi connectivity index (χ4v) is 17.8. The van der Waals surface area contributed by atoms with Crippen molar-refractivity contribution >= 4 is 109 Å². The van der Waals surface area contributed by atoms with Gasteiger partial charge >= 0.3 is 0 Å². The molecule has 0 spiro atoms. The highest BCUT2D eigenvalue weighted by atomic mass is 15.0. The van der Waals surface area contributed by atoms with Crippen molar-refractivity contribution in [1.82, 2.24) is 22.8 Å². The summed E-state index contributed by atoms with van der Waals surface area (Å²) in [5, 5.41) is 10.9. The van der Waals surface area contributed by atoms with E-state index in [1.54, 1.807) is 9.13 Å². The zero-order chi connectivity index (χ0) is 96.9. The minimum Gasteiger partial charge on any atom is -0.309 e. The van der Waals surface area contributed by atoms with Crippen LogP contribution < -0.4 is 0 Å². The molecule has 0 saturated heterocycles. The van der Waals surface area contributed by atoms with E-state index >= 15 is 0 Å². The average molecular weight is 1590 g/mol. The molecule has 596 valence electrons. The normalized spacial score (nSPS) is 14.0.